The van der Waals surface area contributed by atoms with Gasteiger partial charge in [0.25, 0.3) is 10.0 Å². The largest absolute Gasteiger partial charge is 0.476 e. The smallest absolute Gasteiger partial charge is 0.356 e. The summed E-state index contributed by atoms with van der Waals surface area (Å²) in [4.78, 5) is 14.4. The molecular weight excluding hydrogens is 294 g/mol. The van der Waals surface area contributed by atoms with E-state index in [4.69, 9.17) is 9.63 Å². The van der Waals surface area contributed by atoms with Gasteiger partial charge in [-0.25, -0.2) is 22.9 Å². The number of sulfonamides is 1. The molecule has 0 spiro atoms. The first-order valence-electron chi connectivity index (χ1n) is 4.95. The fraction of sp³-hybridized carbons (Fsp3) is 0.222. The summed E-state index contributed by atoms with van der Waals surface area (Å²) >= 11 is 0.712. The summed E-state index contributed by atoms with van der Waals surface area (Å²) in [5, 5.41) is 12.5. The summed E-state index contributed by atoms with van der Waals surface area (Å²) in [7, 11) is -4.06. The lowest BCUT2D eigenvalue weighted by molar-refractivity contribution is 0.0687. The molecule has 0 saturated carbocycles. The number of aromatic nitrogens is 2. The fourth-order valence-electron chi connectivity index (χ4n) is 1.25. The molecule has 0 saturated heterocycles. The zero-order valence-corrected chi connectivity index (χ0v) is 11.5. The summed E-state index contributed by atoms with van der Waals surface area (Å²) in [6.45, 7) is 3.29. The number of hydrogen-bond donors (Lipinski definition) is 2. The minimum Gasteiger partial charge on any atom is -0.476 e. The Morgan fingerprint density at radius 3 is 2.68 bits per heavy atom. The van der Waals surface area contributed by atoms with E-state index in [1.54, 1.807) is 13.8 Å². The van der Waals surface area contributed by atoms with E-state index >= 15 is 0 Å². The number of aryl methyl sites for hydroxylation is 1. The molecule has 8 nitrogen and oxygen atoms in total. The Morgan fingerprint density at radius 1 is 1.47 bits per heavy atom. The highest BCUT2D eigenvalue weighted by Crippen LogP contribution is 2.25. The number of carbonyl (C=O) groups is 1. The van der Waals surface area contributed by atoms with Gasteiger partial charge in [0.1, 0.15) is 0 Å². The number of thiazole rings is 1. The van der Waals surface area contributed by atoms with E-state index in [1.807, 2.05) is 0 Å². The average molecular weight is 303 g/mol. The first kappa shape index (κ1) is 13.5. The molecule has 19 heavy (non-hydrogen) atoms. The number of rotatable bonds is 4. The third-order valence-corrected chi connectivity index (χ3v) is 5.07. The second kappa shape index (κ2) is 4.63. The lowest BCUT2D eigenvalue weighted by Crippen LogP contribution is -2.15. The Balaban J connectivity index is 2.41. The average Bonchev–Trinajstić information content (AvgIpc) is 2.91. The van der Waals surface area contributed by atoms with Gasteiger partial charge in [-0.1, -0.05) is 5.16 Å². The van der Waals surface area contributed by atoms with Crippen LogP contribution in [0.3, 0.4) is 0 Å². The van der Waals surface area contributed by atoms with Crippen molar-refractivity contribution < 1.29 is 22.8 Å². The van der Waals surface area contributed by atoms with E-state index in [1.165, 1.54) is 0 Å². The highest BCUT2D eigenvalue weighted by atomic mass is 32.2. The monoisotopic (exact) mass is 303 g/mol. The maximum atomic E-state index is 12.1. The van der Waals surface area contributed by atoms with E-state index in [0.717, 1.165) is 5.51 Å². The molecule has 0 aromatic carbocycles. The summed E-state index contributed by atoms with van der Waals surface area (Å²) in [5.41, 5.74) is 1.70. The maximum absolute atomic E-state index is 12.1. The Bertz CT molecular complexity index is 731. The molecule has 0 aliphatic rings. The van der Waals surface area contributed by atoms with E-state index < -0.39 is 21.7 Å². The quantitative estimate of drug-likeness (QED) is 0.871. The Morgan fingerprint density at radius 2 is 2.16 bits per heavy atom. The first-order valence-corrected chi connectivity index (χ1v) is 7.31. The fourth-order valence-corrected chi connectivity index (χ4v) is 3.44. The van der Waals surface area contributed by atoms with Crippen LogP contribution in [0.25, 0.3) is 0 Å². The normalized spacial score (nSPS) is 11.5. The highest BCUT2D eigenvalue weighted by Gasteiger charge is 2.27. The van der Waals surface area contributed by atoms with Gasteiger partial charge < -0.3 is 9.63 Å². The van der Waals surface area contributed by atoms with Crippen LogP contribution in [0, 0.1) is 13.8 Å². The van der Waals surface area contributed by atoms with Crippen LogP contribution in [0.15, 0.2) is 14.2 Å². The molecule has 0 atom stereocenters. The number of aromatic carboxylic acids is 1. The SMILES string of the molecule is Cc1noc(NS(=O)(=O)c2scnc2C(=O)O)c1C. The van der Waals surface area contributed by atoms with Crippen LogP contribution in [-0.4, -0.2) is 29.6 Å². The van der Waals surface area contributed by atoms with E-state index in [-0.39, 0.29) is 10.1 Å². The summed E-state index contributed by atoms with van der Waals surface area (Å²) < 4.78 is 30.7. The second-order valence-corrected chi connectivity index (χ2v) is 6.35. The number of carboxylic acids is 1. The van der Waals surface area contributed by atoms with Crippen molar-refractivity contribution in [2.24, 2.45) is 0 Å². The second-order valence-electron chi connectivity index (χ2n) is 3.62. The molecule has 0 radical (unpaired) electrons. The number of anilines is 1. The van der Waals surface area contributed by atoms with Gasteiger partial charge >= 0.3 is 5.97 Å². The van der Waals surface area contributed by atoms with Crippen LogP contribution in [0.2, 0.25) is 0 Å². The molecule has 0 fully saturated rings. The van der Waals surface area contributed by atoms with Gasteiger partial charge in [-0.05, 0) is 13.8 Å². The van der Waals surface area contributed by atoms with Crippen molar-refractivity contribution in [2.45, 2.75) is 18.1 Å². The predicted octanol–water partition coefficient (Wildman–Crippen LogP) is 1.25. The van der Waals surface area contributed by atoms with Crippen molar-refractivity contribution >= 4 is 33.2 Å². The third-order valence-electron chi connectivity index (χ3n) is 2.37. The molecule has 2 aromatic heterocycles. The van der Waals surface area contributed by atoms with Gasteiger partial charge in [-0.15, -0.1) is 11.3 Å². The van der Waals surface area contributed by atoms with Crippen molar-refractivity contribution in [2.75, 3.05) is 4.72 Å². The molecule has 0 aliphatic carbocycles. The minimum absolute atomic E-state index is 0.0396. The zero-order chi connectivity index (χ0) is 14.2. The summed E-state index contributed by atoms with van der Waals surface area (Å²) in [5.74, 6) is -1.45. The Kier molecular flexibility index (Phi) is 3.28. The van der Waals surface area contributed by atoms with Gasteiger partial charge in [0, 0.05) is 5.56 Å². The van der Waals surface area contributed by atoms with Crippen LogP contribution >= 0.6 is 11.3 Å². The van der Waals surface area contributed by atoms with Gasteiger partial charge in [-0.2, -0.15) is 0 Å². The van der Waals surface area contributed by atoms with Crippen LogP contribution in [-0.2, 0) is 10.0 Å². The molecule has 0 aliphatic heterocycles. The van der Waals surface area contributed by atoms with E-state index in [9.17, 15) is 13.2 Å². The standard InChI is InChI=1S/C9H9N3O5S2/c1-4-5(2)11-17-7(4)12-19(15,16)9-6(8(13)14)10-3-18-9/h3,12H,1-2H3,(H,13,14). The van der Waals surface area contributed by atoms with Crippen molar-refractivity contribution in [1.29, 1.82) is 0 Å². The minimum atomic E-state index is -4.06. The van der Waals surface area contributed by atoms with Crippen LogP contribution < -0.4 is 4.72 Å². The topological polar surface area (TPSA) is 122 Å². The predicted molar refractivity (Wildman–Crippen MR) is 65.9 cm³/mol. The Hall–Kier alpha value is -1.94. The van der Waals surface area contributed by atoms with Crippen molar-refractivity contribution in [3.05, 3.63) is 22.5 Å². The van der Waals surface area contributed by atoms with Crippen LogP contribution in [0.1, 0.15) is 21.7 Å². The molecule has 0 unspecified atom stereocenters. The number of hydrogen-bond acceptors (Lipinski definition) is 7. The van der Waals surface area contributed by atoms with E-state index in [2.05, 4.69) is 14.9 Å². The Labute approximate surface area is 112 Å². The van der Waals surface area contributed by atoms with Crippen LogP contribution in [0.5, 0.6) is 0 Å². The molecule has 102 valence electrons. The lowest BCUT2D eigenvalue weighted by Gasteiger charge is -2.03. The molecule has 2 heterocycles. The summed E-state index contributed by atoms with van der Waals surface area (Å²) in [6.07, 6.45) is 0. The molecule has 2 N–H and O–H groups in total. The lowest BCUT2D eigenvalue weighted by atomic mass is 10.3. The highest BCUT2D eigenvalue weighted by molar-refractivity contribution is 7.94. The van der Waals surface area contributed by atoms with Crippen molar-refractivity contribution in [3.8, 4) is 0 Å². The van der Waals surface area contributed by atoms with Gasteiger partial charge in [0.2, 0.25) is 5.88 Å². The third kappa shape index (κ3) is 2.44. The zero-order valence-electron chi connectivity index (χ0n) is 9.87. The molecule has 0 bridgehead atoms. The van der Waals surface area contributed by atoms with Crippen LogP contribution in [0.4, 0.5) is 5.88 Å². The number of carboxylic acid groups (broad SMARTS) is 1. The van der Waals surface area contributed by atoms with Gasteiger partial charge in [-0.3, -0.25) is 0 Å². The van der Waals surface area contributed by atoms with Gasteiger partial charge in [0.05, 0.1) is 11.2 Å². The van der Waals surface area contributed by atoms with Gasteiger partial charge in [0.15, 0.2) is 9.90 Å². The number of nitrogens with one attached hydrogen (secondary N) is 1. The summed E-state index contributed by atoms with van der Waals surface area (Å²) in [6, 6.07) is 0. The van der Waals surface area contributed by atoms with E-state index in [0.29, 0.717) is 22.6 Å². The van der Waals surface area contributed by atoms with Crippen molar-refractivity contribution in [1.82, 2.24) is 10.1 Å². The number of nitrogens with zero attached hydrogens (tertiary/aromatic N) is 2. The molecule has 2 aromatic rings. The maximum Gasteiger partial charge on any atom is 0.356 e. The molecule has 2 rings (SSSR count). The molecule has 10 heteroatoms. The molecular formula is C9H9N3O5S2. The molecule has 0 amide bonds. The first-order chi connectivity index (χ1) is 8.83. The van der Waals surface area contributed by atoms with Crippen molar-refractivity contribution in [3.63, 3.8) is 0 Å².